The number of ether oxygens (including phenoxy) is 1. The van der Waals surface area contributed by atoms with Crippen molar-refractivity contribution in [1.82, 2.24) is 15.1 Å². The van der Waals surface area contributed by atoms with Crippen molar-refractivity contribution < 1.29 is 22.4 Å². The van der Waals surface area contributed by atoms with Crippen molar-refractivity contribution in [3.05, 3.63) is 24.3 Å². The van der Waals surface area contributed by atoms with Gasteiger partial charge in [-0.1, -0.05) is 30.1 Å². The first-order chi connectivity index (χ1) is 12.5. The Morgan fingerprint density at radius 3 is 2.54 bits per heavy atom. The summed E-state index contributed by atoms with van der Waals surface area (Å²) >= 11 is 0. The van der Waals surface area contributed by atoms with E-state index in [1.807, 2.05) is 0 Å². The van der Waals surface area contributed by atoms with E-state index < -0.39 is 26.7 Å². The van der Waals surface area contributed by atoms with Crippen LogP contribution in [0.2, 0.25) is 0 Å². The highest BCUT2D eigenvalue weighted by Crippen LogP contribution is 2.29. The molecule has 1 aromatic heterocycles. The zero-order valence-corrected chi connectivity index (χ0v) is 15.4. The highest BCUT2D eigenvalue weighted by Gasteiger charge is 2.29. The highest BCUT2D eigenvalue weighted by molar-refractivity contribution is 7.91. The second-order valence-electron chi connectivity index (χ2n) is 6.13. The zero-order chi connectivity index (χ0) is 18.6. The first-order valence-electron chi connectivity index (χ1n) is 8.49. The summed E-state index contributed by atoms with van der Waals surface area (Å²) in [5.74, 6) is -0.575. The largest absolute Gasteiger partial charge is 0.496 e. The first kappa shape index (κ1) is 18.4. The minimum absolute atomic E-state index is 0.0308. The Kier molecular flexibility index (Phi) is 5.55. The number of hydrogen-bond acceptors (Lipinski definition) is 7. The van der Waals surface area contributed by atoms with Gasteiger partial charge in [-0.2, -0.15) is 0 Å². The molecule has 2 heterocycles. The molecule has 0 spiro atoms. The maximum atomic E-state index is 12.5. The lowest BCUT2D eigenvalue weighted by Crippen LogP contribution is -2.36. The highest BCUT2D eigenvalue weighted by atomic mass is 32.2. The standard InChI is InChI=1S/C17H21N3O5S/c1-24-14-9-5-4-8-13(14)16-18-19-17(25-16)26(22,23)12-15(21)20-10-6-2-3-7-11-20/h4-5,8-9H,2-3,6-7,10-12H2,1H3. The third-order valence-corrected chi connectivity index (χ3v) is 5.61. The Labute approximate surface area is 152 Å². The number of benzene rings is 1. The maximum Gasteiger partial charge on any atom is 0.336 e. The van der Waals surface area contributed by atoms with Crippen LogP contribution in [0, 0.1) is 0 Å². The second kappa shape index (κ2) is 7.86. The van der Waals surface area contributed by atoms with Crippen LogP contribution in [0.4, 0.5) is 0 Å². The van der Waals surface area contributed by atoms with E-state index in [1.165, 1.54) is 7.11 Å². The van der Waals surface area contributed by atoms with Crippen molar-refractivity contribution in [2.75, 3.05) is 26.0 Å². The molecule has 1 fully saturated rings. The van der Waals surface area contributed by atoms with Gasteiger partial charge in [0.1, 0.15) is 11.5 Å². The summed E-state index contributed by atoms with van der Waals surface area (Å²) in [7, 11) is -2.51. The topological polar surface area (TPSA) is 103 Å². The predicted molar refractivity (Wildman–Crippen MR) is 93.4 cm³/mol. The molecule has 0 aliphatic carbocycles. The molecule has 8 nitrogen and oxygen atoms in total. The van der Waals surface area contributed by atoms with Crippen LogP contribution in [0.15, 0.2) is 33.9 Å². The van der Waals surface area contributed by atoms with Gasteiger partial charge < -0.3 is 14.1 Å². The molecular weight excluding hydrogens is 358 g/mol. The summed E-state index contributed by atoms with van der Waals surface area (Å²) in [6.45, 7) is 1.18. The molecule has 1 saturated heterocycles. The van der Waals surface area contributed by atoms with Gasteiger partial charge in [0.15, 0.2) is 0 Å². The van der Waals surface area contributed by atoms with Crippen molar-refractivity contribution in [1.29, 1.82) is 0 Å². The number of sulfone groups is 1. The van der Waals surface area contributed by atoms with Crippen LogP contribution in [0.5, 0.6) is 5.75 Å². The van der Waals surface area contributed by atoms with E-state index in [0.717, 1.165) is 25.7 Å². The molecule has 0 N–H and O–H groups in total. The summed E-state index contributed by atoms with van der Waals surface area (Å²) in [6.07, 6.45) is 3.90. The normalized spacial score (nSPS) is 15.5. The van der Waals surface area contributed by atoms with Crippen molar-refractivity contribution in [2.24, 2.45) is 0 Å². The van der Waals surface area contributed by atoms with E-state index >= 15 is 0 Å². The number of methoxy groups -OCH3 is 1. The molecule has 1 amide bonds. The van der Waals surface area contributed by atoms with Crippen molar-refractivity contribution >= 4 is 15.7 Å². The molecule has 2 aromatic rings. The minimum Gasteiger partial charge on any atom is -0.496 e. The van der Waals surface area contributed by atoms with E-state index in [-0.39, 0.29) is 5.89 Å². The average molecular weight is 379 g/mol. The molecule has 0 unspecified atom stereocenters. The van der Waals surface area contributed by atoms with Gasteiger partial charge >= 0.3 is 5.22 Å². The third-order valence-electron chi connectivity index (χ3n) is 4.28. The van der Waals surface area contributed by atoms with E-state index in [1.54, 1.807) is 29.2 Å². The molecule has 0 atom stereocenters. The van der Waals surface area contributed by atoms with Gasteiger partial charge in [0.25, 0.3) is 5.89 Å². The number of para-hydroxylation sites is 1. The van der Waals surface area contributed by atoms with Gasteiger partial charge in [0.2, 0.25) is 15.7 Å². The summed E-state index contributed by atoms with van der Waals surface area (Å²) < 4.78 is 35.5. The number of hydrogen-bond donors (Lipinski definition) is 0. The predicted octanol–water partition coefficient (Wildman–Crippen LogP) is 1.92. The van der Waals surface area contributed by atoms with Crippen LogP contribution in [0.1, 0.15) is 25.7 Å². The molecular formula is C17H21N3O5S. The van der Waals surface area contributed by atoms with E-state index in [2.05, 4.69) is 10.2 Å². The van der Waals surface area contributed by atoms with Crippen LogP contribution in [-0.2, 0) is 14.6 Å². The lowest BCUT2D eigenvalue weighted by atomic mass is 10.2. The lowest BCUT2D eigenvalue weighted by molar-refractivity contribution is -0.128. The maximum absolute atomic E-state index is 12.5. The Morgan fingerprint density at radius 1 is 1.15 bits per heavy atom. The first-order valence-corrected chi connectivity index (χ1v) is 10.1. The molecule has 0 saturated carbocycles. The SMILES string of the molecule is COc1ccccc1-c1nnc(S(=O)(=O)CC(=O)N2CCCCCC2)o1. The third kappa shape index (κ3) is 4.04. The van der Waals surface area contributed by atoms with Crippen LogP contribution in [0.3, 0.4) is 0 Å². The molecule has 1 aromatic carbocycles. The van der Waals surface area contributed by atoms with Crippen molar-refractivity contribution in [2.45, 2.75) is 30.9 Å². The number of aromatic nitrogens is 2. The number of carbonyl (C=O) groups is 1. The molecule has 9 heteroatoms. The molecule has 1 aliphatic heterocycles. The van der Waals surface area contributed by atoms with E-state index in [4.69, 9.17) is 9.15 Å². The van der Waals surface area contributed by atoms with Crippen molar-refractivity contribution in [3.63, 3.8) is 0 Å². The Hall–Kier alpha value is -2.42. The smallest absolute Gasteiger partial charge is 0.336 e. The Balaban J connectivity index is 1.78. The average Bonchev–Trinajstić information content (AvgIpc) is 2.98. The molecule has 26 heavy (non-hydrogen) atoms. The summed E-state index contributed by atoms with van der Waals surface area (Å²) in [5.41, 5.74) is 0.489. The van der Waals surface area contributed by atoms with Gasteiger partial charge in [0.05, 0.1) is 12.7 Å². The Bertz CT molecular complexity index is 870. The minimum atomic E-state index is -4.00. The van der Waals surface area contributed by atoms with Gasteiger partial charge in [-0.3, -0.25) is 4.79 Å². The molecule has 0 bridgehead atoms. The van der Waals surface area contributed by atoms with Crippen LogP contribution >= 0.6 is 0 Å². The molecule has 140 valence electrons. The van der Waals surface area contributed by atoms with E-state index in [9.17, 15) is 13.2 Å². The molecule has 0 radical (unpaired) electrons. The fraction of sp³-hybridized carbons (Fsp3) is 0.471. The van der Waals surface area contributed by atoms with Gasteiger partial charge in [0, 0.05) is 13.1 Å². The lowest BCUT2D eigenvalue weighted by Gasteiger charge is -2.19. The number of rotatable bonds is 5. The fourth-order valence-corrected chi connectivity index (χ4v) is 3.90. The number of carbonyl (C=O) groups excluding carboxylic acids is 1. The fourth-order valence-electron chi connectivity index (χ4n) is 2.90. The van der Waals surface area contributed by atoms with E-state index in [0.29, 0.717) is 24.4 Å². The number of likely N-dealkylation sites (tertiary alicyclic amines) is 1. The summed E-state index contributed by atoms with van der Waals surface area (Å²) in [5, 5.41) is 6.87. The van der Waals surface area contributed by atoms with Crippen LogP contribution < -0.4 is 4.74 Å². The quantitative estimate of drug-likeness (QED) is 0.782. The van der Waals surface area contributed by atoms with Gasteiger partial charge in [-0.15, -0.1) is 5.10 Å². The zero-order valence-electron chi connectivity index (χ0n) is 14.6. The molecule has 1 aliphatic rings. The van der Waals surface area contributed by atoms with Gasteiger partial charge in [-0.25, -0.2) is 8.42 Å². The Morgan fingerprint density at radius 2 is 1.85 bits per heavy atom. The summed E-state index contributed by atoms with van der Waals surface area (Å²) in [4.78, 5) is 14.0. The number of amides is 1. The van der Waals surface area contributed by atoms with Crippen LogP contribution in [0.25, 0.3) is 11.5 Å². The van der Waals surface area contributed by atoms with Crippen molar-refractivity contribution in [3.8, 4) is 17.2 Å². The van der Waals surface area contributed by atoms with Crippen LogP contribution in [-0.4, -0.2) is 55.4 Å². The molecule has 3 rings (SSSR count). The monoisotopic (exact) mass is 379 g/mol. The number of nitrogens with zero attached hydrogens (tertiary/aromatic N) is 3. The second-order valence-corrected chi connectivity index (χ2v) is 7.99. The summed E-state index contributed by atoms with van der Waals surface area (Å²) in [6, 6.07) is 6.91. The van der Waals surface area contributed by atoms with Gasteiger partial charge in [-0.05, 0) is 25.0 Å².